The monoisotopic (exact) mass is 589 g/mol. The van der Waals surface area contributed by atoms with Gasteiger partial charge in [0.2, 0.25) is 17.0 Å². The molecule has 5 rings (SSSR count). The van der Waals surface area contributed by atoms with Gasteiger partial charge in [0.25, 0.3) is 0 Å². The molecule has 0 aliphatic rings. The van der Waals surface area contributed by atoms with Crippen molar-refractivity contribution in [2.24, 2.45) is 0 Å². The third kappa shape index (κ3) is 7.46. The molecule has 0 atom stereocenters. The second-order valence-corrected chi connectivity index (χ2v) is 12.4. The Bertz CT molecular complexity index is 1600. The van der Waals surface area contributed by atoms with Crippen molar-refractivity contribution in [2.45, 2.75) is 35.8 Å². The van der Waals surface area contributed by atoms with Crippen LogP contribution in [0.4, 0.5) is 11.4 Å². The topological polar surface area (TPSA) is 115 Å². The number of hydrogen-bond acceptors (Lipinski definition) is 9. The molecule has 2 heterocycles. The minimum absolute atomic E-state index is 0.0817. The largest absolute Gasteiger partial charge is 0.325 e. The minimum Gasteiger partial charge on any atom is -0.325 e. The van der Waals surface area contributed by atoms with Crippen LogP contribution in [0.1, 0.15) is 30.9 Å². The zero-order chi connectivity index (χ0) is 27.9. The molecule has 12 heteroatoms. The standard InChI is InChI=1S/C28H27N7O2S3/c1-18(2)20-8-10-21(11-9-20)29-26(37)17-39-28-31-23-13-12-22(14-24(23)40-28)30-25(36)16-38-27-32-33-34-35(27)15-19-6-4-3-5-7-19/h3-14,18H,15-17H2,1-2H3,(H,29,37)(H,30,36). The van der Waals surface area contributed by atoms with Crippen LogP contribution >= 0.6 is 34.9 Å². The third-order valence-electron chi connectivity index (χ3n) is 5.85. The van der Waals surface area contributed by atoms with E-state index in [2.05, 4.69) is 45.0 Å². The Labute approximate surface area is 244 Å². The molecule has 0 fully saturated rings. The van der Waals surface area contributed by atoms with Gasteiger partial charge in [-0.05, 0) is 57.8 Å². The Morgan fingerprint density at radius 1 is 0.900 bits per heavy atom. The molecule has 3 aromatic carbocycles. The molecular formula is C28H27N7O2S3. The van der Waals surface area contributed by atoms with Crippen LogP contribution in [0.15, 0.2) is 82.3 Å². The lowest BCUT2D eigenvalue weighted by Crippen LogP contribution is -2.14. The first-order valence-electron chi connectivity index (χ1n) is 12.6. The van der Waals surface area contributed by atoms with Gasteiger partial charge < -0.3 is 10.6 Å². The van der Waals surface area contributed by atoms with Gasteiger partial charge in [0.05, 0.1) is 28.3 Å². The van der Waals surface area contributed by atoms with E-state index < -0.39 is 0 Å². The number of thiazole rings is 1. The SMILES string of the molecule is CC(C)c1ccc(NC(=O)CSc2nc3ccc(NC(=O)CSc4nnnn4Cc4ccccc4)cc3s2)cc1. The number of thioether (sulfide) groups is 2. The Balaban J connectivity index is 1.11. The molecule has 9 nitrogen and oxygen atoms in total. The fourth-order valence-corrected chi connectivity index (χ4v) is 6.39. The van der Waals surface area contributed by atoms with Crippen molar-refractivity contribution in [1.82, 2.24) is 25.2 Å². The van der Waals surface area contributed by atoms with Crippen LogP contribution in [0.2, 0.25) is 0 Å². The smallest absolute Gasteiger partial charge is 0.234 e. The van der Waals surface area contributed by atoms with E-state index >= 15 is 0 Å². The maximum atomic E-state index is 12.6. The van der Waals surface area contributed by atoms with Crippen molar-refractivity contribution in [1.29, 1.82) is 0 Å². The lowest BCUT2D eigenvalue weighted by Gasteiger charge is -2.08. The number of nitrogens with one attached hydrogen (secondary N) is 2. The van der Waals surface area contributed by atoms with Gasteiger partial charge >= 0.3 is 0 Å². The summed E-state index contributed by atoms with van der Waals surface area (Å²) in [6, 6.07) is 23.4. The quantitative estimate of drug-likeness (QED) is 0.183. The summed E-state index contributed by atoms with van der Waals surface area (Å²) in [6.07, 6.45) is 0. The summed E-state index contributed by atoms with van der Waals surface area (Å²) in [5, 5.41) is 18.3. The fraction of sp³-hybridized carbons (Fsp3) is 0.214. The predicted octanol–water partition coefficient (Wildman–Crippen LogP) is 5.92. The maximum Gasteiger partial charge on any atom is 0.234 e. The molecule has 2 aromatic heterocycles. The molecule has 0 saturated heterocycles. The molecule has 0 aliphatic carbocycles. The Kier molecular flexibility index (Phi) is 9.09. The van der Waals surface area contributed by atoms with Gasteiger partial charge in [-0.1, -0.05) is 79.8 Å². The summed E-state index contributed by atoms with van der Waals surface area (Å²) in [4.78, 5) is 29.7. The van der Waals surface area contributed by atoms with Crippen LogP contribution in [0.25, 0.3) is 10.2 Å². The zero-order valence-electron chi connectivity index (χ0n) is 21.9. The number of hydrogen-bond donors (Lipinski definition) is 2. The van der Waals surface area contributed by atoms with E-state index in [0.29, 0.717) is 23.3 Å². The molecule has 0 radical (unpaired) electrons. The molecule has 2 amide bonds. The summed E-state index contributed by atoms with van der Waals surface area (Å²) in [5.74, 6) is 0.642. The van der Waals surface area contributed by atoms with Crippen molar-refractivity contribution < 1.29 is 9.59 Å². The summed E-state index contributed by atoms with van der Waals surface area (Å²) in [5.41, 5.74) is 4.60. The highest BCUT2D eigenvalue weighted by molar-refractivity contribution is 8.01. The first kappa shape index (κ1) is 27.8. The first-order valence-corrected chi connectivity index (χ1v) is 15.4. The average Bonchev–Trinajstić information content (AvgIpc) is 3.57. The lowest BCUT2D eigenvalue weighted by molar-refractivity contribution is -0.114. The number of aromatic nitrogens is 5. The van der Waals surface area contributed by atoms with E-state index in [-0.39, 0.29) is 23.3 Å². The number of nitrogens with zero attached hydrogens (tertiary/aromatic N) is 5. The Morgan fingerprint density at radius 2 is 1.60 bits per heavy atom. The van der Waals surface area contributed by atoms with Crippen molar-refractivity contribution in [3.63, 3.8) is 0 Å². The average molecular weight is 590 g/mol. The van der Waals surface area contributed by atoms with E-state index in [1.54, 1.807) is 4.68 Å². The van der Waals surface area contributed by atoms with Gasteiger partial charge in [0, 0.05) is 11.4 Å². The fourth-order valence-electron chi connectivity index (χ4n) is 3.80. The van der Waals surface area contributed by atoms with Crippen molar-refractivity contribution in [3.05, 3.63) is 83.9 Å². The van der Waals surface area contributed by atoms with Crippen LogP contribution in [-0.4, -0.2) is 48.5 Å². The highest BCUT2D eigenvalue weighted by Crippen LogP contribution is 2.31. The first-order chi connectivity index (χ1) is 19.4. The lowest BCUT2D eigenvalue weighted by atomic mass is 10.0. The predicted molar refractivity (Wildman–Crippen MR) is 162 cm³/mol. The van der Waals surface area contributed by atoms with Gasteiger partial charge in [-0.25, -0.2) is 9.67 Å². The molecular weight excluding hydrogens is 563 g/mol. The number of anilines is 2. The van der Waals surface area contributed by atoms with Crippen molar-refractivity contribution >= 4 is 68.3 Å². The number of rotatable bonds is 11. The van der Waals surface area contributed by atoms with Gasteiger partial charge in [-0.15, -0.1) is 16.4 Å². The zero-order valence-corrected chi connectivity index (χ0v) is 24.4. The van der Waals surface area contributed by atoms with Gasteiger partial charge in [-0.2, -0.15) is 0 Å². The van der Waals surface area contributed by atoms with Gasteiger partial charge in [-0.3, -0.25) is 9.59 Å². The van der Waals surface area contributed by atoms with Gasteiger partial charge in [0.15, 0.2) is 4.34 Å². The second kappa shape index (κ2) is 13.1. The van der Waals surface area contributed by atoms with E-state index in [0.717, 1.165) is 25.8 Å². The summed E-state index contributed by atoms with van der Waals surface area (Å²) in [7, 11) is 0. The Morgan fingerprint density at radius 3 is 2.35 bits per heavy atom. The maximum absolute atomic E-state index is 12.6. The molecule has 204 valence electrons. The van der Waals surface area contributed by atoms with E-state index in [4.69, 9.17) is 0 Å². The Hall–Kier alpha value is -3.74. The highest BCUT2D eigenvalue weighted by atomic mass is 32.2. The number of carbonyl (C=O) groups is 2. The number of tetrazole rings is 1. The minimum atomic E-state index is -0.157. The summed E-state index contributed by atoms with van der Waals surface area (Å²) in [6.45, 7) is 4.81. The second-order valence-electron chi connectivity index (χ2n) is 9.22. The van der Waals surface area contributed by atoms with E-state index in [1.807, 2.05) is 72.8 Å². The van der Waals surface area contributed by atoms with Crippen LogP contribution in [0.5, 0.6) is 0 Å². The summed E-state index contributed by atoms with van der Waals surface area (Å²) >= 11 is 4.17. The number of amides is 2. The number of carbonyl (C=O) groups excluding carboxylic acids is 2. The van der Waals surface area contributed by atoms with Crippen LogP contribution in [0, 0.1) is 0 Å². The molecule has 0 spiro atoms. The number of fused-ring (bicyclic) bond motifs is 1. The molecule has 0 bridgehead atoms. The van der Waals surface area contributed by atoms with Gasteiger partial charge in [0.1, 0.15) is 0 Å². The molecule has 0 saturated carbocycles. The van der Waals surface area contributed by atoms with Crippen molar-refractivity contribution in [2.75, 3.05) is 22.1 Å². The molecule has 0 unspecified atom stereocenters. The third-order valence-corrected chi connectivity index (χ3v) is 8.97. The molecule has 40 heavy (non-hydrogen) atoms. The van der Waals surface area contributed by atoms with E-state index in [1.165, 1.54) is 40.4 Å². The molecule has 0 aliphatic heterocycles. The summed E-state index contributed by atoms with van der Waals surface area (Å²) < 4.78 is 3.41. The van der Waals surface area contributed by atoms with Crippen LogP contribution < -0.4 is 10.6 Å². The number of benzene rings is 3. The van der Waals surface area contributed by atoms with Crippen LogP contribution in [-0.2, 0) is 16.1 Å². The van der Waals surface area contributed by atoms with E-state index in [9.17, 15) is 9.59 Å². The highest BCUT2D eigenvalue weighted by Gasteiger charge is 2.13. The molecule has 5 aromatic rings. The van der Waals surface area contributed by atoms with Crippen LogP contribution in [0.3, 0.4) is 0 Å². The molecule has 2 N–H and O–H groups in total. The normalized spacial score (nSPS) is 11.2. The van der Waals surface area contributed by atoms with Crippen molar-refractivity contribution in [3.8, 4) is 0 Å².